The average molecular weight is 370 g/mol. The number of ether oxygens (including phenoxy) is 1. The zero-order valence-corrected chi connectivity index (χ0v) is 16.3. The standard InChI is InChI=1S/C25H26N2O/c1-19-16-20(18-28-23-14-8-9-15-23)17-24(26-19)27-25(21-10-4-2-5-11-21)22-12-6-3-7-13-22/h2-7,10-13,16-17,23H,8-9,14-15,18H2,1H3. The summed E-state index contributed by atoms with van der Waals surface area (Å²) in [6.45, 7) is 2.64. The lowest BCUT2D eigenvalue weighted by molar-refractivity contribution is 0.0456. The molecule has 1 saturated carbocycles. The Morgan fingerprint density at radius 1 is 0.929 bits per heavy atom. The van der Waals surface area contributed by atoms with Gasteiger partial charge in [0.05, 0.1) is 18.4 Å². The SMILES string of the molecule is Cc1cc(COC2CCCC2)cc(N=C(c2ccccc2)c2ccccc2)n1. The maximum atomic E-state index is 6.10. The molecule has 1 heterocycles. The second-order valence-corrected chi connectivity index (χ2v) is 7.38. The van der Waals surface area contributed by atoms with Crippen LogP contribution in [0.15, 0.2) is 77.8 Å². The third-order valence-corrected chi connectivity index (χ3v) is 5.11. The lowest BCUT2D eigenvalue weighted by Gasteiger charge is -2.12. The van der Waals surface area contributed by atoms with Crippen LogP contribution >= 0.6 is 0 Å². The van der Waals surface area contributed by atoms with E-state index in [9.17, 15) is 0 Å². The van der Waals surface area contributed by atoms with Crippen molar-refractivity contribution < 1.29 is 4.74 Å². The second-order valence-electron chi connectivity index (χ2n) is 7.38. The molecule has 3 heteroatoms. The highest BCUT2D eigenvalue weighted by atomic mass is 16.5. The van der Waals surface area contributed by atoms with Gasteiger partial charge in [0, 0.05) is 16.8 Å². The summed E-state index contributed by atoms with van der Waals surface area (Å²) >= 11 is 0. The van der Waals surface area contributed by atoms with Crippen LogP contribution in [-0.2, 0) is 11.3 Å². The molecule has 0 atom stereocenters. The topological polar surface area (TPSA) is 34.5 Å². The molecular formula is C25H26N2O. The van der Waals surface area contributed by atoms with E-state index >= 15 is 0 Å². The molecule has 28 heavy (non-hydrogen) atoms. The monoisotopic (exact) mass is 370 g/mol. The smallest absolute Gasteiger partial charge is 0.153 e. The minimum absolute atomic E-state index is 0.407. The Bertz CT molecular complexity index is 888. The number of rotatable bonds is 6. The summed E-state index contributed by atoms with van der Waals surface area (Å²) in [5.41, 5.74) is 5.20. The Kier molecular flexibility index (Phi) is 5.93. The summed E-state index contributed by atoms with van der Waals surface area (Å²) in [6, 6.07) is 24.7. The van der Waals surface area contributed by atoms with Crippen LogP contribution in [0.2, 0.25) is 0 Å². The number of hydrogen-bond donors (Lipinski definition) is 0. The first-order chi connectivity index (χ1) is 13.8. The van der Waals surface area contributed by atoms with Gasteiger partial charge in [-0.2, -0.15) is 0 Å². The minimum Gasteiger partial charge on any atom is -0.374 e. The molecule has 0 unspecified atom stereocenters. The summed E-state index contributed by atoms with van der Waals surface area (Å²) < 4.78 is 6.10. The Labute approximate surface area is 167 Å². The van der Waals surface area contributed by atoms with Crippen LogP contribution in [0.3, 0.4) is 0 Å². The van der Waals surface area contributed by atoms with Gasteiger partial charge < -0.3 is 4.74 Å². The quantitative estimate of drug-likeness (QED) is 0.497. The number of aliphatic imine (C=N–C) groups is 1. The Morgan fingerprint density at radius 2 is 1.54 bits per heavy atom. The van der Waals surface area contributed by atoms with Crippen LogP contribution in [0, 0.1) is 6.92 Å². The zero-order valence-electron chi connectivity index (χ0n) is 16.3. The summed E-state index contributed by atoms with van der Waals surface area (Å²) in [5, 5.41) is 0. The van der Waals surface area contributed by atoms with Gasteiger partial charge in [0.2, 0.25) is 0 Å². The molecule has 3 nitrogen and oxygen atoms in total. The first kappa shape index (κ1) is 18.6. The molecule has 4 rings (SSSR count). The van der Waals surface area contributed by atoms with Gasteiger partial charge >= 0.3 is 0 Å². The van der Waals surface area contributed by atoms with Crippen molar-refractivity contribution in [2.75, 3.05) is 0 Å². The predicted molar refractivity (Wildman–Crippen MR) is 114 cm³/mol. The Hall–Kier alpha value is -2.78. The van der Waals surface area contributed by atoms with Gasteiger partial charge in [0.15, 0.2) is 5.82 Å². The van der Waals surface area contributed by atoms with Gasteiger partial charge in [-0.25, -0.2) is 9.98 Å². The fourth-order valence-corrected chi connectivity index (χ4v) is 3.73. The van der Waals surface area contributed by atoms with Gasteiger partial charge in [0.25, 0.3) is 0 Å². The third-order valence-electron chi connectivity index (χ3n) is 5.11. The van der Waals surface area contributed by atoms with Crippen molar-refractivity contribution in [2.24, 2.45) is 4.99 Å². The Balaban J connectivity index is 1.65. The third kappa shape index (κ3) is 4.73. The number of aromatic nitrogens is 1. The number of hydrogen-bond acceptors (Lipinski definition) is 3. The van der Waals surface area contributed by atoms with Gasteiger partial charge in [-0.15, -0.1) is 0 Å². The van der Waals surface area contributed by atoms with E-state index in [2.05, 4.69) is 35.3 Å². The van der Waals surface area contributed by atoms with Crippen LogP contribution in [0.1, 0.15) is 48.1 Å². The second kappa shape index (κ2) is 8.94. The van der Waals surface area contributed by atoms with Gasteiger partial charge in [0.1, 0.15) is 0 Å². The first-order valence-corrected chi connectivity index (χ1v) is 10.1. The molecule has 0 aliphatic heterocycles. The van der Waals surface area contributed by atoms with Crippen LogP contribution in [0.25, 0.3) is 0 Å². The summed E-state index contributed by atoms with van der Waals surface area (Å²) in [6.07, 6.45) is 5.34. The van der Waals surface area contributed by atoms with Crippen LogP contribution < -0.4 is 0 Å². The van der Waals surface area contributed by atoms with Gasteiger partial charge in [-0.3, -0.25) is 0 Å². The lowest BCUT2D eigenvalue weighted by Crippen LogP contribution is -2.07. The summed E-state index contributed by atoms with van der Waals surface area (Å²) in [4.78, 5) is 9.61. The van der Waals surface area contributed by atoms with E-state index in [-0.39, 0.29) is 0 Å². The van der Waals surface area contributed by atoms with E-state index in [0.717, 1.165) is 33.9 Å². The van der Waals surface area contributed by atoms with Crippen molar-refractivity contribution in [1.29, 1.82) is 0 Å². The number of benzene rings is 2. The fourth-order valence-electron chi connectivity index (χ4n) is 3.73. The van der Waals surface area contributed by atoms with E-state index in [1.54, 1.807) is 0 Å². The van der Waals surface area contributed by atoms with Crippen molar-refractivity contribution in [3.63, 3.8) is 0 Å². The number of nitrogens with zero attached hydrogens (tertiary/aromatic N) is 2. The van der Waals surface area contributed by atoms with Crippen molar-refractivity contribution in [3.05, 3.63) is 95.2 Å². The number of pyridine rings is 1. The highest BCUT2D eigenvalue weighted by Crippen LogP contribution is 2.24. The molecule has 0 radical (unpaired) electrons. The molecule has 0 bridgehead atoms. The van der Waals surface area contributed by atoms with E-state index in [0.29, 0.717) is 12.7 Å². The van der Waals surface area contributed by atoms with E-state index < -0.39 is 0 Å². The van der Waals surface area contributed by atoms with Gasteiger partial charge in [-0.05, 0) is 37.5 Å². The lowest BCUT2D eigenvalue weighted by atomic mass is 10.0. The van der Waals surface area contributed by atoms with Crippen molar-refractivity contribution >= 4 is 11.5 Å². The maximum Gasteiger partial charge on any atom is 0.153 e. The molecule has 0 saturated heterocycles. The fraction of sp³-hybridized carbons (Fsp3) is 0.280. The molecular weight excluding hydrogens is 344 g/mol. The van der Waals surface area contributed by atoms with E-state index in [4.69, 9.17) is 9.73 Å². The predicted octanol–water partition coefficient (Wildman–Crippen LogP) is 6.02. The molecule has 0 spiro atoms. The molecule has 142 valence electrons. The molecule has 0 amide bonds. The zero-order chi connectivity index (χ0) is 19.2. The first-order valence-electron chi connectivity index (χ1n) is 10.1. The Morgan fingerprint density at radius 3 is 2.14 bits per heavy atom. The highest BCUT2D eigenvalue weighted by Gasteiger charge is 2.15. The summed E-state index contributed by atoms with van der Waals surface area (Å²) in [7, 11) is 0. The maximum absolute atomic E-state index is 6.10. The largest absolute Gasteiger partial charge is 0.374 e. The molecule has 1 aliphatic carbocycles. The van der Waals surface area contributed by atoms with Crippen LogP contribution in [0.4, 0.5) is 5.82 Å². The molecule has 0 N–H and O–H groups in total. The van der Waals surface area contributed by atoms with E-state index in [1.165, 1.54) is 25.7 Å². The van der Waals surface area contributed by atoms with Gasteiger partial charge in [-0.1, -0.05) is 73.5 Å². The number of aryl methyl sites for hydroxylation is 1. The van der Waals surface area contributed by atoms with E-state index in [1.807, 2.05) is 49.4 Å². The normalized spacial score (nSPS) is 14.2. The van der Waals surface area contributed by atoms with Crippen LogP contribution in [0.5, 0.6) is 0 Å². The molecule has 1 aliphatic rings. The van der Waals surface area contributed by atoms with Crippen LogP contribution in [-0.4, -0.2) is 16.8 Å². The van der Waals surface area contributed by atoms with Crippen molar-refractivity contribution in [1.82, 2.24) is 4.98 Å². The molecule has 2 aromatic carbocycles. The molecule has 3 aromatic rings. The summed E-state index contributed by atoms with van der Waals surface area (Å²) in [5.74, 6) is 0.729. The molecule has 1 fully saturated rings. The van der Waals surface area contributed by atoms with Crippen molar-refractivity contribution in [2.45, 2.75) is 45.3 Å². The van der Waals surface area contributed by atoms with Crippen molar-refractivity contribution in [3.8, 4) is 0 Å². The minimum atomic E-state index is 0.407. The average Bonchev–Trinajstić information content (AvgIpc) is 3.25. The highest BCUT2D eigenvalue weighted by molar-refractivity contribution is 6.13. The molecule has 1 aromatic heterocycles.